The van der Waals surface area contributed by atoms with E-state index in [1.807, 2.05) is 23.1 Å². The number of likely N-dealkylation sites (tertiary alicyclic amines) is 1. The van der Waals surface area contributed by atoms with Crippen molar-refractivity contribution >= 4 is 11.6 Å². The number of hydrogen-bond donors (Lipinski definition) is 0. The molecule has 2 atom stereocenters. The number of carbonyl (C=O) groups is 1. The molecule has 2 aromatic rings. The molecule has 1 saturated heterocycles. The van der Waals surface area contributed by atoms with E-state index in [1.54, 1.807) is 4.90 Å². The summed E-state index contributed by atoms with van der Waals surface area (Å²) in [6, 6.07) is 6.50. The van der Waals surface area contributed by atoms with Gasteiger partial charge in [-0.05, 0) is 54.2 Å². The molecule has 0 N–H and O–H groups in total. The van der Waals surface area contributed by atoms with Crippen LogP contribution in [0.2, 0.25) is 0 Å². The molecule has 3 heterocycles. The highest BCUT2D eigenvalue weighted by atomic mass is 19.4. The number of para-hydroxylation sites is 1. The van der Waals surface area contributed by atoms with E-state index in [9.17, 15) is 31.1 Å². The van der Waals surface area contributed by atoms with Gasteiger partial charge < -0.3 is 9.80 Å². The Morgan fingerprint density at radius 3 is 2.09 bits per heavy atom. The second-order valence-corrected chi connectivity index (χ2v) is 8.60. The molecule has 3 nitrogen and oxygen atoms in total. The molecular weight excluding hydrogens is 434 g/mol. The predicted molar refractivity (Wildman–Crippen MR) is 105 cm³/mol. The molecule has 9 heteroatoms. The van der Waals surface area contributed by atoms with Crippen molar-refractivity contribution in [3.05, 3.63) is 64.2 Å². The van der Waals surface area contributed by atoms with Crippen LogP contribution in [-0.4, -0.2) is 23.9 Å². The quantitative estimate of drug-likeness (QED) is 0.528. The SMILES string of the molecule is O=C1CCCN1C1CC(c2cc(C(F)(F)F)cc(C(F)(F)F)c2)N2CCc3cccc1c32. The van der Waals surface area contributed by atoms with Gasteiger partial charge in [0, 0.05) is 25.2 Å². The Bertz CT molecular complexity index is 1040. The largest absolute Gasteiger partial charge is 0.416 e. The van der Waals surface area contributed by atoms with Gasteiger partial charge in [0.25, 0.3) is 0 Å². The van der Waals surface area contributed by atoms with E-state index in [1.165, 1.54) is 0 Å². The predicted octanol–water partition coefficient (Wildman–Crippen LogP) is 5.90. The molecule has 32 heavy (non-hydrogen) atoms. The van der Waals surface area contributed by atoms with Gasteiger partial charge in [0.1, 0.15) is 0 Å². The molecule has 1 amide bonds. The minimum absolute atomic E-state index is 0.0221. The average molecular weight is 454 g/mol. The summed E-state index contributed by atoms with van der Waals surface area (Å²) >= 11 is 0. The number of benzene rings is 2. The number of halogens is 6. The van der Waals surface area contributed by atoms with Crippen LogP contribution in [0.4, 0.5) is 32.0 Å². The van der Waals surface area contributed by atoms with E-state index in [4.69, 9.17) is 0 Å². The Hall–Kier alpha value is -2.71. The van der Waals surface area contributed by atoms with Crippen molar-refractivity contribution in [2.24, 2.45) is 0 Å². The molecular formula is C23H20F6N2O. The lowest BCUT2D eigenvalue weighted by Crippen LogP contribution is -2.40. The number of carbonyl (C=O) groups excluding carboxylic acids is 1. The average Bonchev–Trinajstić information content (AvgIpc) is 3.34. The van der Waals surface area contributed by atoms with Crippen molar-refractivity contribution in [3.63, 3.8) is 0 Å². The number of alkyl halides is 6. The summed E-state index contributed by atoms with van der Waals surface area (Å²) in [7, 11) is 0. The van der Waals surface area contributed by atoms with Crippen LogP contribution in [-0.2, 0) is 23.6 Å². The van der Waals surface area contributed by atoms with E-state index in [2.05, 4.69) is 0 Å². The second kappa shape index (κ2) is 7.15. The summed E-state index contributed by atoms with van der Waals surface area (Å²) in [5, 5.41) is 0. The highest BCUT2D eigenvalue weighted by molar-refractivity contribution is 5.80. The maximum Gasteiger partial charge on any atom is 0.416 e. The van der Waals surface area contributed by atoms with E-state index < -0.39 is 29.5 Å². The van der Waals surface area contributed by atoms with Gasteiger partial charge in [-0.2, -0.15) is 26.3 Å². The molecule has 2 unspecified atom stereocenters. The Morgan fingerprint density at radius 2 is 1.50 bits per heavy atom. The summed E-state index contributed by atoms with van der Waals surface area (Å²) in [6.07, 6.45) is -7.79. The van der Waals surface area contributed by atoms with Gasteiger partial charge in [-0.15, -0.1) is 0 Å². The van der Waals surface area contributed by atoms with Crippen molar-refractivity contribution in [2.45, 2.75) is 50.1 Å². The maximum atomic E-state index is 13.5. The van der Waals surface area contributed by atoms with Crippen molar-refractivity contribution in [3.8, 4) is 0 Å². The summed E-state index contributed by atoms with van der Waals surface area (Å²) in [5.41, 5.74) is 0.135. The van der Waals surface area contributed by atoms with Crippen LogP contribution in [0, 0.1) is 0 Å². The minimum Gasteiger partial charge on any atom is -0.364 e. The van der Waals surface area contributed by atoms with Crippen LogP contribution >= 0.6 is 0 Å². The number of nitrogens with zero attached hydrogens (tertiary/aromatic N) is 2. The van der Waals surface area contributed by atoms with Gasteiger partial charge in [0.15, 0.2) is 0 Å². The lowest BCUT2D eigenvalue weighted by Gasteiger charge is -2.43. The van der Waals surface area contributed by atoms with E-state index in [0.717, 1.165) is 28.9 Å². The van der Waals surface area contributed by atoms with Gasteiger partial charge in [0.2, 0.25) is 5.91 Å². The molecule has 0 aliphatic carbocycles. The molecule has 170 valence electrons. The zero-order valence-electron chi connectivity index (χ0n) is 16.9. The van der Waals surface area contributed by atoms with Gasteiger partial charge in [-0.25, -0.2) is 0 Å². The molecule has 1 fully saturated rings. The molecule has 0 spiro atoms. The van der Waals surface area contributed by atoms with E-state index >= 15 is 0 Å². The Kier molecular flexibility index (Phi) is 4.73. The summed E-state index contributed by atoms with van der Waals surface area (Å²) < 4.78 is 80.8. The first-order valence-electron chi connectivity index (χ1n) is 10.5. The topological polar surface area (TPSA) is 23.6 Å². The number of hydrogen-bond acceptors (Lipinski definition) is 2. The summed E-state index contributed by atoms with van der Waals surface area (Å²) in [6.45, 7) is 1.05. The number of rotatable bonds is 2. The maximum absolute atomic E-state index is 13.5. The number of amides is 1. The fraction of sp³-hybridized carbons (Fsp3) is 0.435. The highest BCUT2D eigenvalue weighted by Crippen LogP contribution is 2.51. The van der Waals surface area contributed by atoms with Crippen LogP contribution in [0.5, 0.6) is 0 Å². The second-order valence-electron chi connectivity index (χ2n) is 8.60. The number of anilines is 1. The lowest BCUT2D eigenvalue weighted by atomic mass is 9.85. The van der Waals surface area contributed by atoms with Crippen molar-refractivity contribution in [1.29, 1.82) is 0 Å². The Balaban J connectivity index is 1.65. The molecule has 3 aliphatic heterocycles. The molecule has 3 aliphatic rings. The third kappa shape index (κ3) is 3.42. The van der Waals surface area contributed by atoms with Gasteiger partial charge in [-0.3, -0.25) is 4.79 Å². The normalized spacial score (nSPS) is 23.1. The summed E-state index contributed by atoms with van der Waals surface area (Å²) in [4.78, 5) is 16.1. The molecule has 0 aromatic heterocycles. The first-order valence-corrected chi connectivity index (χ1v) is 10.5. The van der Waals surface area contributed by atoms with Crippen molar-refractivity contribution in [1.82, 2.24) is 4.90 Å². The fourth-order valence-corrected chi connectivity index (χ4v) is 5.34. The standard InChI is InChI=1S/C23H20F6N2O/c24-22(25,26)15-9-14(10-16(11-15)23(27,28)29)18-12-19(30-7-2-5-20(30)32)17-4-1-3-13-6-8-31(18)21(13)17/h1,3-4,9-11,18-19H,2,5-8,12H2. The third-order valence-corrected chi connectivity index (χ3v) is 6.72. The first-order chi connectivity index (χ1) is 15.0. The van der Waals surface area contributed by atoms with Crippen LogP contribution < -0.4 is 4.90 Å². The molecule has 0 bridgehead atoms. The summed E-state index contributed by atoms with van der Waals surface area (Å²) in [5.74, 6) is -0.0298. The molecule has 0 radical (unpaired) electrons. The Labute approximate surface area is 180 Å². The smallest absolute Gasteiger partial charge is 0.364 e. The van der Waals surface area contributed by atoms with Gasteiger partial charge in [0.05, 0.1) is 23.2 Å². The molecule has 0 saturated carbocycles. The Morgan fingerprint density at radius 1 is 0.812 bits per heavy atom. The van der Waals surface area contributed by atoms with Crippen LogP contribution in [0.3, 0.4) is 0 Å². The molecule has 5 rings (SSSR count). The lowest BCUT2D eigenvalue weighted by molar-refractivity contribution is -0.143. The van der Waals surface area contributed by atoms with E-state index in [0.29, 0.717) is 32.4 Å². The van der Waals surface area contributed by atoms with Crippen LogP contribution in [0.25, 0.3) is 0 Å². The highest BCUT2D eigenvalue weighted by Gasteiger charge is 2.44. The first kappa shape index (κ1) is 21.2. The monoisotopic (exact) mass is 454 g/mol. The molecule has 2 aromatic carbocycles. The van der Waals surface area contributed by atoms with Gasteiger partial charge >= 0.3 is 12.4 Å². The minimum atomic E-state index is -4.90. The van der Waals surface area contributed by atoms with Gasteiger partial charge in [-0.1, -0.05) is 18.2 Å². The van der Waals surface area contributed by atoms with Crippen LogP contribution in [0.15, 0.2) is 36.4 Å². The fourth-order valence-electron chi connectivity index (χ4n) is 5.34. The van der Waals surface area contributed by atoms with E-state index in [-0.39, 0.29) is 30.0 Å². The zero-order chi connectivity index (χ0) is 22.8. The van der Waals surface area contributed by atoms with Crippen LogP contribution in [0.1, 0.15) is 59.2 Å². The zero-order valence-corrected chi connectivity index (χ0v) is 16.9. The van der Waals surface area contributed by atoms with Crippen molar-refractivity contribution < 1.29 is 31.1 Å². The third-order valence-electron chi connectivity index (χ3n) is 6.72. The van der Waals surface area contributed by atoms with Crippen molar-refractivity contribution in [2.75, 3.05) is 18.0 Å².